The monoisotopic (exact) mass is 246 g/mol. The van der Waals surface area contributed by atoms with Crippen LogP contribution in [0.5, 0.6) is 0 Å². The third-order valence-corrected chi connectivity index (χ3v) is 2.95. The minimum atomic E-state index is -0.963. The van der Waals surface area contributed by atoms with E-state index in [4.69, 9.17) is 15.2 Å². The minimum absolute atomic E-state index is 0.160. The van der Waals surface area contributed by atoms with Crippen molar-refractivity contribution in [2.24, 2.45) is 11.7 Å². The van der Waals surface area contributed by atoms with Crippen LogP contribution in [0.2, 0.25) is 0 Å². The summed E-state index contributed by atoms with van der Waals surface area (Å²) >= 11 is 0. The zero-order valence-electron chi connectivity index (χ0n) is 10.4. The number of hydrogen-bond donors (Lipinski definition) is 3. The van der Waals surface area contributed by atoms with Crippen molar-refractivity contribution in [2.75, 3.05) is 33.5 Å². The zero-order valence-corrected chi connectivity index (χ0v) is 10.4. The molecule has 0 aromatic heterocycles. The van der Waals surface area contributed by atoms with Crippen LogP contribution < -0.4 is 11.1 Å². The van der Waals surface area contributed by atoms with Gasteiger partial charge < -0.3 is 25.6 Å². The molecule has 6 nitrogen and oxygen atoms in total. The molecule has 0 aliphatic carbocycles. The molecule has 1 saturated heterocycles. The standard InChI is InChI=1S/C11H22N2O4/c1-11(15,3-4-16-2)7-13-10(14)8-5-17-6-9(8)12/h8-9,15H,3-7,12H2,1-2H3,(H,13,14). The van der Waals surface area contributed by atoms with Crippen LogP contribution in [0.4, 0.5) is 0 Å². The molecule has 1 fully saturated rings. The quantitative estimate of drug-likeness (QED) is 0.551. The van der Waals surface area contributed by atoms with Crippen LogP contribution in [0.3, 0.4) is 0 Å². The molecule has 100 valence electrons. The molecule has 17 heavy (non-hydrogen) atoms. The Balaban J connectivity index is 2.31. The van der Waals surface area contributed by atoms with E-state index in [2.05, 4.69) is 5.32 Å². The van der Waals surface area contributed by atoms with Crippen LogP contribution in [0.1, 0.15) is 13.3 Å². The summed E-state index contributed by atoms with van der Waals surface area (Å²) in [7, 11) is 1.57. The predicted molar refractivity (Wildman–Crippen MR) is 62.4 cm³/mol. The number of carbonyl (C=O) groups is 1. The molecule has 0 bridgehead atoms. The summed E-state index contributed by atoms with van der Waals surface area (Å²) in [4.78, 5) is 11.8. The SMILES string of the molecule is COCCC(C)(O)CNC(=O)C1COCC1N. The lowest BCUT2D eigenvalue weighted by atomic mass is 10.0. The number of hydrogen-bond acceptors (Lipinski definition) is 5. The maximum Gasteiger partial charge on any atom is 0.227 e. The maximum absolute atomic E-state index is 11.8. The second-order valence-electron chi connectivity index (χ2n) is 4.77. The molecule has 3 atom stereocenters. The average molecular weight is 246 g/mol. The van der Waals surface area contributed by atoms with Gasteiger partial charge in [0.15, 0.2) is 0 Å². The van der Waals surface area contributed by atoms with Gasteiger partial charge in [-0.3, -0.25) is 4.79 Å². The highest BCUT2D eigenvalue weighted by atomic mass is 16.5. The predicted octanol–water partition coefficient (Wildman–Crippen LogP) is -1.14. The van der Waals surface area contributed by atoms with E-state index in [1.165, 1.54) is 0 Å². The van der Waals surface area contributed by atoms with Crippen molar-refractivity contribution in [1.82, 2.24) is 5.32 Å². The molecule has 4 N–H and O–H groups in total. The van der Waals surface area contributed by atoms with Gasteiger partial charge in [-0.2, -0.15) is 0 Å². The van der Waals surface area contributed by atoms with Crippen molar-refractivity contribution in [2.45, 2.75) is 25.0 Å². The molecule has 3 unspecified atom stereocenters. The molecule has 1 heterocycles. The van der Waals surface area contributed by atoms with Gasteiger partial charge in [0.25, 0.3) is 0 Å². The highest BCUT2D eigenvalue weighted by molar-refractivity contribution is 5.79. The Kier molecular flexibility index (Phi) is 5.32. The number of ether oxygens (including phenoxy) is 2. The van der Waals surface area contributed by atoms with Crippen LogP contribution in [-0.2, 0) is 14.3 Å². The normalized spacial score (nSPS) is 27.8. The number of nitrogens with two attached hydrogens (primary N) is 1. The summed E-state index contributed by atoms with van der Waals surface area (Å²) in [6, 6.07) is -0.251. The lowest BCUT2D eigenvalue weighted by Crippen LogP contribution is -2.47. The van der Waals surface area contributed by atoms with Gasteiger partial charge in [0.05, 0.1) is 24.7 Å². The lowest BCUT2D eigenvalue weighted by molar-refractivity contribution is -0.126. The van der Waals surface area contributed by atoms with E-state index in [1.807, 2.05) is 0 Å². The van der Waals surface area contributed by atoms with E-state index >= 15 is 0 Å². The number of nitrogens with one attached hydrogen (secondary N) is 1. The number of carbonyl (C=O) groups excluding carboxylic acids is 1. The van der Waals surface area contributed by atoms with Crippen LogP contribution >= 0.6 is 0 Å². The van der Waals surface area contributed by atoms with Gasteiger partial charge >= 0.3 is 0 Å². The van der Waals surface area contributed by atoms with Gasteiger partial charge in [-0.1, -0.05) is 0 Å². The average Bonchev–Trinajstić information content (AvgIpc) is 2.70. The first kappa shape index (κ1) is 14.4. The van der Waals surface area contributed by atoms with Crippen LogP contribution in [0, 0.1) is 5.92 Å². The summed E-state index contributed by atoms with van der Waals surface area (Å²) in [6.07, 6.45) is 0.469. The number of rotatable bonds is 6. The Bertz CT molecular complexity index is 258. The van der Waals surface area contributed by atoms with E-state index in [-0.39, 0.29) is 24.4 Å². The summed E-state index contributed by atoms with van der Waals surface area (Å²) in [6.45, 7) is 3.08. The Morgan fingerprint density at radius 1 is 1.65 bits per heavy atom. The number of amides is 1. The molecule has 1 aliphatic heterocycles. The summed E-state index contributed by atoms with van der Waals surface area (Å²) in [5, 5.41) is 12.6. The molecule has 1 rings (SSSR count). The smallest absolute Gasteiger partial charge is 0.227 e. The summed E-state index contributed by atoms with van der Waals surface area (Å²) < 4.78 is 10.0. The van der Waals surface area contributed by atoms with Gasteiger partial charge in [0.1, 0.15) is 0 Å². The highest BCUT2D eigenvalue weighted by Crippen LogP contribution is 2.13. The van der Waals surface area contributed by atoms with Crippen LogP contribution in [0.25, 0.3) is 0 Å². The first-order valence-corrected chi connectivity index (χ1v) is 5.78. The molecule has 6 heteroatoms. The highest BCUT2D eigenvalue weighted by Gasteiger charge is 2.32. The first-order valence-electron chi connectivity index (χ1n) is 5.78. The van der Waals surface area contributed by atoms with E-state index < -0.39 is 5.60 Å². The van der Waals surface area contributed by atoms with Gasteiger partial charge in [0, 0.05) is 32.7 Å². The van der Waals surface area contributed by atoms with Crippen molar-refractivity contribution in [3.05, 3.63) is 0 Å². The summed E-state index contributed by atoms with van der Waals surface area (Å²) in [5.74, 6) is -0.471. The van der Waals surface area contributed by atoms with Gasteiger partial charge in [-0.05, 0) is 6.92 Å². The molecule has 0 saturated carbocycles. The Labute approximate surface area is 101 Å². The largest absolute Gasteiger partial charge is 0.388 e. The number of aliphatic hydroxyl groups is 1. The molecule has 0 spiro atoms. The Hall–Kier alpha value is -0.690. The van der Waals surface area contributed by atoms with Crippen molar-refractivity contribution in [1.29, 1.82) is 0 Å². The topological polar surface area (TPSA) is 93.8 Å². The number of methoxy groups -OCH3 is 1. The van der Waals surface area contributed by atoms with E-state index in [0.717, 1.165) is 0 Å². The van der Waals surface area contributed by atoms with Crippen LogP contribution in [-0.4, -0.2) is 56.1 Å². The van der Waals surface area contributed by atoms with Crippen molar-refractivity contribution >= 4 is 5.91 Å². The van der Waals surface area contributed by atoms with Crippen LogP contribution in [0.15, 0.2) is 0 Å². The molecule has 1 amide bonds. The van der Waals surface area contributed by atoms with E-state index in [0.29, 0.717) is 26.2 Å². The second kappa shape index (κ2) is 6.30. The van der Waals surface area contributed by atoms with Gasteiger partial charge in [0.2, 0.25) is 5.91 Å². The van der Waals surface area contributed by atoms with Crippen molar-refractivity contribution < 1.29 is 19.4 Å². The van der Waals surface area contributed by atoms with E-state index in [9.17, 15) is 9.90 Å². The zero-order chi connectivity index (χ0) is 12.9. The fourth-order valence-corrected chi connectivity index (χ4v) is 1.66. The van der Waals surface area contributed by atoms with Gasteiger partial charge in [-0.15, -0.1) is 0 Å². The van der Waals surface area contributed by atoms with Crippen molar-refractivity contribution in [3.8, 4) is 0 Å². The molecule has 0 radical (unpaired) electrons. The fraction of sp³-hybridized carbons (Fsp3) is 0.909. The van der Waals surface area contributed by atoms with E-state index in [1.54, 1.807) is 14.0 Å². The maximum atomic E-state index is 11.8. The fourth-order valence-electron chi connectivity index (χ4n) is 1.66. The second-order valence-corrected chi connectivity index (χ2v) is 4.77. The molecule has 0 aromatic carbocycles. The molecule has 0 aromatic rings. The van der Waals surface area contributed by atoms with Crippen molar-refractivity contribution in [3.63, 3.8) is 0 Å². The third-order valence-electron chi connectivity index (χ3n) is 2.95. The summed E-state index contributed by atoms with van der Waals surface area (Å²) in [5.41, 5.74) is 4.77. The third kappa shape index (κ3) is 4.59. The molecular formula is C11H22N2O4. The first-order chi connectivity index (χ1) is 7.96. The van der Waals surface area contributed by atoms with Gasteiger partial charge in [-0.25, -0.2) is 0 Å². The lowest BCUT2D eigenvalue weighted by Gasteiger charge is -2.24. The Morgan fingerprint density at radius 2 is 2.35 bits per heavy atom. The molecular weight excluding hydrogens is 224 g/mol. The molecule has 1 aliphatic rings. The Morgan fingerprint density at radius 3 is 2.88 bits per heavy atom. The minimum Gasteiger partial charge on any atom is -0.388 e.